The molecule has 0 aliphatic carbocycles. The predicted molar refractivity (Wildman–Crippen MR) is 96.2 cm³/mol. The second-order valence-corrected chi connectivity index (χ2v) is 7.32. The predicted octanol–water partition coefficient (Wildman–Crippen LogP) is 4.10. The maximum atomic E-state index is 13.6. The van der Waals surface area contributed by atoms with Crippen molar-refractivity contribution >= 4 is 16.8 Å². The van der Waals surface area contributed by atoms with E-state index in [1.165, 1.54) is 12.1 Å². The molecular weight excluding hydrogens is 319 g/mol. The lowest BCUT2D eigenvalue weighted by atomic mass is 9.92. The van der Waals surface area contributed by atoms with Gasteiger partial charge in [-0.15, -0.1) is 0 Å². The van der Waals surface area contributed by atoms with Gasteiger partial charge in [0.15, 0.2) is 0 Å². The van der Waals surface area contributed by atoms with Crippen LogP contribution < -0.4 is 0 Å². The molecule has 2 heterocycles. The third kappa shape index (κ3) is 3.66. The van der Waals surface area contributed by atoms with Crippen molar-refractivity contribution in [1.29, 1.82) is 0 Å². The normalized spacial score (nSPS) is 19.8. The molecular formula is C20H25FN2O2. The van der Waals surface area contributed by atoms with E-state index in [4.69, 9.17) is 4.74 Å². The lowest BCUT2D eigenvalue weighted by Crippen LogP contribution is -2.48. The fourth-order valence-corrected chi connectivity index (χ4v) is 3.70. The molecule has 0 saturated carbocycles. The second kappa shape index (κ2) is 6.71. The summed E-state index contributed by atoms with van der Waals surface area (Å²) >= 11 is 0. The van der Waals surface area contributed by atoms with Crippen LogP contribution in [0.2, 0.25) is 0 Å². The van der Waals surface area contributed by atoms with Gasteiger partial charge in [0.1, 0.15) is 5.82 Å². The Kier molecular flexibility index (Phi) is 4.78. The highest BCUT2D eigenvalue weighted by Gasteiger charge is 2.34. The van der Waals surface area contributed by atoms with Gasteiger partial charge in [-0.25, -0.2) is 4.39 Å². The van der Waals surface area contributed by atoms with Crippen LogP contribution in [0.4, 0.5) is 4.39 Å². The molecule has 1 aliphatic heterocycles. The molecule has 0 bridgehead atoms. The van der Waals surface area contributed by atoms with Crippen LogP contribution in [-0.4, -0.2) is 40.6 Å². The average Bonchev–Trinajstić information content (AvgIpc) is 2.53. The Morgan fingerprint density at radius 2 is 2.16 bits per heavy atom. The highest BCUT2D eigenvalue weighted by molar-refractivity contribution is 6.06. The number of carbonyl (C=O) groups excluding carboxylic acids is 1. The van der Waals surface area contributed by atoms with E-state index < -0.39 is 0 Å². The van der Waals surface area contributed by atoms with Crippen molar-refractivity contribution in [3.05, 3.63) is 41.3 Å². The third-order valence-corrected chi connectivity index (χ3v) is 4.84. The summed E-state index contributed by atoms with van der Waals surface area (Å²) in [5, 5.41) is 0.696. The van der Waals surface area contributed by atoms with Crippen LogP contribution >= 0.6 is 0 Å². The lowest BCUT2D eigenvalue weighted by Gasteiger charge is -2.41. The molecule has 0 N–H and O–H groups in total. The molecule has 1 aliphatic rings. The van der Waals surface area contributed by atoms with Gasteiger partial charge < -0.3 is 9.64 Å². The zero-order chi connectivity index (χ0) is 18.2. The molecule has 1 atom stereocenters. The first-order valence-corrected chi connectivity index (χ1v) is 8.82. The summed E-state index contributed by atoms with van der Waals surface area (Å²) in [5.41, 5.74) is 1.60. The lowest BCUT2D eigenvalue weighted by molar-refractivity contribution is -0.0777. The van der Waals surface area contributed by atoms with E-state index in [0.29, 0.717) is 35.3 Å². The summed E-state index contributed by atoms with van der Waals surface area (Å²) in [6, 6.07) is 6.35. The van der Waals surface area contributed by atoms with Crippen molar-refractivity contribution in [3.8, 4) is 0 Å². The van der Waals surface area contributed by atoms with E-state index in [0.717, 1.165) is 12.8 Å². The Labute approximate surface area is 148 Å². The molecule has 1 amide bonds. The third-order valence-electron chi connectivity index (χ3n) is 4.84. The first kappa shape index (κ1) is 17.8. The Morgan fingerprint density at radius 1 is 1.40 bits per heavy atom. The summed E-state index contributed by atoms with van der Waals surface area (Å²) in [6.45, 7) is 9.23. The minimum Gasteiger partial charge on any atom is -0.375 e. The zero-order valence-corrected chi connectivity index (χ0v) is 15.3. The van der Waals surface area contributed by atoms with Crippen molar-refractivity contribution in [1.82, 2.24) is 9.88 Å². The van der Waals surface area contributed by atoms with E-state index in [2.05, 4.69) is 18.8 Å². The van der Waals surface area contributed by atoms with Gasteiger partial charge in [0.05, 0.1) is 16.7 Å². The van der Waals surface area contributed by atoms with Crippen LogP contribution in [0.3, 0.4) is 0 Å². The summed E-state index contributed by atoms with van der Waals surface area (Å²) in [7, 11) is 0. The molecule has 0 spiro atoms. The summed E-state index contributed by atoms with van der Waals surface area (Å²) in [4.78, 5) is 19.6. The molecule has 2 aromatic rings. The van der Waals surface area contributed by atoms with Crippen molar-refractivity contribution in [2.75, 3.05) is 13.2 Å². The van der Waals surface area contributed by atoms with Crippen LogP contribution in [0.1, 0.15) is 49.7 Å². The fraction of sp³-hybridized carbons (Fsp3) is 0.500. The molecule has 1 aromatic heterocycles. The second-order valence-electron chi connectivity index (χ2n) is 7.32. The molecule has 5 heteroatoms. The van der Waals surface area contributed by atoms with Crippen molar-refractivity contribution in [2.24, 2.45) is 0 Å². The van der Waals surface area contributed by atoms with Crippen LogP contribution in [0.15, 0.2) is 24.3 Å². The summed E-state index contributed by atoms with van der Waals surface area (Å²) in [6.07, 6.45) is 1.64. The number of aryl methyl sites for hydroxylation is 1. The first-order valence-electron chi connectivity index (χ1n) is 8.82. The van der Waals surface area contributed by atoms with E-state index in [9.17, 15) is 9.18 Å². The largest absolute Gasteiger partial charge is 0.375 e. The van der Waals surface area contributed by atoms with Gasteiger partial charge in [-0.05, 0) is 58.7 Å². The molecule has 1 saturated heterocycles. The monoisotopic (exact) mass is 344 g/mol. The zero-order valence-electron chi connectivity index (χ0n) is 15.3. The number of nitrogens with zero attached hydrogens (tertiary/aromatic N) is 2. The number of fused-ring (bicyclic) bond motifs is 1. The topological polar surface area (TPSA) is 42.4 Å². The van der Waals surface area contributed by atoms with E-state index >= 15 is 0 Å². The number of pyridine rings is 1. The van der Waals surface area contributed by atoms with E-state index in [1.54, 1.807) is 12.1 Å². The van der Waals surface area contributed by atoms with E-state index in [-0.39, 0.29) is 23.4 Å². The Balaban J connectivity index is 2.00. The molecule has 1 fully saturated rings. The number of hydrogen-bond acceptors (Lipinski definition) is 3. The SMILES string of the molecule is CCN(C(=O)c1cc(C)nc2cc(F)ccc12)[C@H]1CCOC(C)(C)C1. The van der Waals surface area contributed by atoms with Gasteiger partial charge in [-0.3, -0.25) is 9.78 Å². The Bertz CT molecular complexity index is 798. The minimum absolute atomic E-state index is 0.0210. The van der Waals surface area contributed by atoms with Crippen molar-refractivity contribution in [2.45, 2.75) is 52.2 Å². The van der Waals surface area contributed by atoms with Gasteiger partial charge in [-0.2, -0.15) is 0 Å². The number of rotatable bonds is 3. The fourth-order valence-electron chi connectivity index (χ4n) is 3.70. The standard InChI is InChI=1S/C20H25FN2O2/c1-5-23(15-8-9-25-20(3,4)12-15)19(24)17-10-13(2)22-18-11-14(21)6-7-16(17)18/h6-7,10-11,15H,5,8-9,12H2,1-4H3/t15-/m0/s1. The highest BCUT2D eigenvalue weighted by atomic mass is 19.1. The maximum Gasteiger partial charge on any atom is 0.254 e. The molecule has 4 nitrogen and oxygen atoms in total. The molecule has 1 aromatic carbocycles. The smallest absolute Gasteiger partial charge is 0.254 e. The number of carbonyl (C=O) groups is 1. The molecule has 0 unspecified atom stereocenters. The Hall–Kier alpha value is -2.01. The molecule has 3 rings (SSSR count). The van der Waals surface area contributed by atoms with E-state index in [1.807, 2.05) is 18.7 Å². The first-order chi connectivity index (χ1) is 11.8. The van der Waals surface area contributed by atoms with Gasteiger partial charge in [0.2, 0.25) is 0 Å². The summed E-state index contributed by atoms with van der Waals surface area (Å²) in [5.74, 6) is -0.366. The van der Waals surface area contributed by atoms with Crippen molar-refractivity contribution < 1.29 is 13.9 Å². The van der Waals surface area contributed by atoms with Gasteiger partial charge in [0.25, 0.3) is 5.91 Å². The van der Waals surface area contributed by atoms with Crippen LogP contribution in [-0.2, 0) is 4.74 Å². The van der Waals surface area contributed by atoms with Crippen molar-refractivity contribution in [3.63, 3.8) is 0 Å². The average molecular weight is 344 g/mol. The van der Waals surface area contributed by atoms with Crippen LogP contribution in [0, 0.1) is 12.7 Å². The number of ether oxygens (including phenoxy) is 1. The Morgan fingerprint density at radius 3 is 2.84 bits per heavy atom. The summed E-state index contributed by atoms with van der Waals surface area (Å²) < 4.78 is 19.3. The number of benzene rings is 1. The maximum absolute atomic E-state index is 13.6. The number of amides is 1. The minimum atomic E-state index is -0.345. The van der Waals surface area contributed by atoms with Crippen LogP contribution in [0.25, 0.3) is 10.9 Å². The number of hydrogen-bond donors (Lipinski definition) is 0. The number of aromatic nitrogens is 1. The van der Waals surface area contributed by atoms with Gasteiger partial charge in [-0.1, -0.05) is 0 Å². The number of halogens is 1. The quantitative estimate of drug-likeness (QED) is 0.842. The molecule has 25 heavy (non-hydrogen) atoms. The highest BCUT2D eigenvalue weighted by Crippen LogP contribution is 2.29. The van der Waals surface area contributed by atoms with Crippen LogP contribution in [0.5, 0.6) is 0 Å². The van der Waals surface area contributed by atoms with Gasteiger partial charge >= 0.3 is 0 Å². The van der Waals surface area contributed by atoms with Gasteiger partial charge in [0, 0.05) is 36.3 Å². The molecule has 134 valence electrons. The molecule has 0 radical (unpaired) electrons.